The minimum atomic E-state index is -1.23. The lowest BCUT2D eigenvalue weighted by Gasteiger charge is -2.18. The Balaban J connectivity index is 2.05. The van der Waals surface area contributed by atoms with Crippen LogP contribution >= 0.6 is 0 Å². The van der Waals surface area contributed by atoms with E-state index in [0.29, 0.717) is 30.0 Å². The number of hydrogen-bond donors (Lipinski definition) is 2. The first-order chi connectivity index (χ1) is 14.5. The van der Waals surface area contributed by atoms with Gasteiger partial charge in [-0.05, 0) is 31.0 Å². The molecule has 0 saturated heterocycles. The normalized spacial score (nSPS) is 11.2. The number of methoxy groups -OCH3 is 2. The molecule has 2 aromatic rings. The predicted molar refractivity (Wildman–Crippen MR) is 110 cm³/mol. The van der Waals surface area contributed by atoms with Gasteiger partial charge in [0, 0.05) is 18.5 Å². The molecule has 0 spiro atoms. The van der Waals surface area contributed by atoms with Gasteiger partial charge in [-0.1, -0.05) is 36.4 Å². The molecule has 2 N–H and O–H groups in total. The molecular formula is C22H26N2O6. The highest BCUT2D eigenvalue weighted by molar-refractivity contribution is 5.97. The molecular weight excluding hydrogens is 388 g/mol. The zero-order valence-electron chi connectivity index (χ0n) is 17.3. The quantitative estimate of drug-likeness (QED) is 0.612. The Hall–Kier alpha value is -3.55. The largest absolute Gasteiger partial charge is 0.493 e. The molecule has 0 fully saturated rings. The van der Waals surface area contributed by atoms with E-state index in [1.54, 1.807) is 56.5 Å². The third-order valence-corrected chi connectivity index (χ3v) is 4.23. The molecule has 1 atom stereocenters. The molecule has 160 valence electrons. The number of amides is 3. The van der Waals surface area contributed by atoms with Crippen LogP contribution in [0.3, 0.4) is 0 Å². The number of benzene rings is 2. The first-order valence-corrected chi connectivity index (χ1v) is 9.52. The summed E-state index contributed by atoms with van der Waals surface area (Å²) in [5.74, 6) is -0.127. The number of esters is 1. The summed E-state index contributed by atoms with van der Waals surface area (Å²) in [5.41, 5.74) is 1.33. The number of urea groups is 1. The maximum Gasteiger partial charge on any atom is 0.321 e. The zero-order valence-corrected chi connectivity index (χ0v) is 17.3. The van der Waals surface area contributed by atoms with Crippen molar-refractivity contribution in [1.29, 1.82) is 0 Å². The fourth-order valence-corrected chi connectivity index (χ4v) is 2.76. The standard InChI is InChI=1S/C22H26N2O6/c1-4-23-22(27)24-21(26)20(16-8-6-5-7-9-16)30-19(25)13-11-15-10-12-17(28-2)18(14-15)29-3/h5-10,12,14,20H,4,11,13H2,1-3H3,(H2,23,24,26,27)/t20-/m1/s1. The molecule has 30 heavy (non-hydrogen) atoms. The van der Waals surface area contributed by atoms with Crippen molar-refractivity contribution in [3.63, 3.8) is 0 Å². The molecule has 0 heterocycles. The average molecular weight is 414 g/mol. The lowest BCUT2D eigenvalue weighted by Crippen LogP contribution is -2.42. The van der Waals surface area contributed by atoms with Gasteiger partial charge in [0.1, 0.15) is 0 Å². The van der Waals surface area contributed by atoms with Crippen LogP contribution in [0.2, 0.25) is 0 Å². The summed E-state index contributed by atoms with van der Waals surface area (Å²) >= 11 is 0. The van der Waals surface area contributed by atoms with Crippen molar-refractivity contribution in [3.05, 3.63) is 59.7 Å². The van der Waals surface area contributed by atoms with Gasteiger partial charge in [-0.3, -0.25) is 14.9 Å². The molecule has 0 aliphatic heterocycles. The molecule has 3 amide bonds. The second-order valence-electron chi connectivity index (χ2n) is 6.32. The predicted octanol–water partition coefficient (Wildman–Crippen LogP) is 2.77. The number of carbonyl (C=O) groups excluding carboxylic acids is 3. The van der Waals surface area contributed by atoms with Crippen LogP contribution in [0.1, 0.15) is 30.6 Å². The first-order valence-electron chi connectivity index (χ1n) is 9.52. The molecule has 2 rings (SSSR count). The van der Waals surface area contributed by atoms with Gasteiger partial charge >= 0.3 is 12.0 Å². The molecule has 0 saturated carbocycles. The number of carbonyl (C=O) groups is 3. The van der Waals surface area contributed by atoms with Gasteiger partial charge in [0.05, 0.1) is 14.2 Å². The third kappa shape index (κ3) is 6.51. The summed E-state index contributed by atoms with van der Waals surface area (Å²) in [7, 11) is 3.08. The highest BCUT2D eigenvalue weighted by Gasteiger charge is 2.26. The summed E-state index contributed by atoms with van der Waals surface area (Å²) in [4.78, 5) is 36.6. The van der Waals surface area contributed by atoms with Gasteiger partial charge in [0.2, 0.25) is 6.10 Å². The maximum absolute atomic E-state index is 12.5. The van der Waals surface area contributed by atoms with Crippen molar-refractivity contribution in [3.8, 4) is 11.5 Å². The van der Waals surface area contributed by atoms with Crippen LogP contribution in [0.25, 0.3) is 0 Å². The van der Waals surface area contributed by atoms with E-state index in [1.807, 2.05) is 6.07 Å². The minimum absolute atomic E-state index is 0.0489. The van der Waals surface area contributed by atoms with Crippen LogP contribution in [0.4, 0.5) is 4.79 Å². The van der Waals surface area contributed by atoms with Crippen LogP contribution in [0.5, 0.6) is 11.5 Å². The highest BCUT2D eigenvalue weighted by atomic mass is 16.5. The Morgan fingerprint density at radius 3 is 2.30 bits per heavy atom. The first kappa shape index (κ1) is 22.7. The smallest absolute Gasteiger partial charge is 0.321 e. The second-order valence-corrected chi connectivity index (χ2v) is 6.32. The summed E-state index contributed by atoms with van der Waals surface area (Å²) in [6.07, 6.45) is -0.793. The molecule has 8 heteroatoms. The summed E-state index contributed by atoms with van der Waals surface area (Å²) in [5, 5.41) is 4.66. The lowest BCUT2D eigenvalue weighted by atomic mass is 10.1. The Labute approximate surface area is 175 Å². The molecule has 0 bridgehead atoms. The number of hydrogen-bond acceptors (Lipinski definition) is 6. The SMILES string of the molecule is CCNC(=O)NC(=O)[C@H](OC(=O)CCc1ccc(OC)c(OC)c1)c1ccccc1. The molecule has 0 unspecified atom stereocenters. The summed E-state index contributed by atoms with van der Waals surface area (Å²) < 4.78 is 15.9. The van der Waals surface area contributed by atoms with Crippen molar-refractivity contribution < 1.29 is 28.6 Å². The fourth-order valence-electron chi connectivity index (χ4n) is 2.76. The van der Waals surface area contributed by atoms with Gasteiger partial charge < -0.3 is 19.5 Å². The van der Waals surface area contributed by atoms with E-state index in [1.165, 1.54) is 7.11 Å². The Morgan fingerprint density at radius 1 is 0.967 bits per heavy atom. The number of imide groups is 1. The van der Waals surface area contributed by atoms with Gasteiger partial charge in [-0.15, -0.1) is 0 Å². The van der Waals surface area contributed by atoms with Gasteiger partial charge in [0.25, 0.3) is 5.91 Å². The van der Waals surface area contributed by atoms with Gasteiger partial charge in [0.15, 0.2) is 11.5 Å². The molecule has 0 aliphatic rings. The minimum Gasteiger partial charge on any atom is -0.493 e. The van der Waals surface area contributed by atoms with E-state index in [0.717, 1.165) is 5.56 Å². The number of ether oxygens (including phenoxy) is 3. The van der Waals surface area contributed by atoms with Gasteiger partial charge in [-0.25, -0.2) is 4.79 Å². The van der Waals surface area contributed by atoms with Crippen molar-refractivity contribution in [2.24, 2.45) is 0 Å². The van der Waals surface area contributed by atoms with E-state index >= 15 is 0 Å². The zero-order chi connectivity index (χ0) is 21.9. The van der Waals surface area contributed by atoms with Crippen molar-refractivity contribution in [2.75, 3.05) is 20.8 Å². The van der Waals surface area contributed by atoms with Crippen LogP contribution in [0, 0.1) is 0 Å². The third-order valence-electron chi connectivity index (χ3n) is 4.23. The molecule has 0 aromatic heterocycles. The summed E-state index contributed by atoms with van der Waals surface area (Å²) in [6.45, 7) is 2.09. The fraction of sp³-hybridized carbons (Fsp3) is 0.318. The lowest BCUT2D eigenvalue weighted by molar-refractivity contribution is -0.156. The Kier molecular flexibility index (Phi) is 8.68. The summed E-state index contributed by atoms with van der Waals surface area (Å²) in [6, 6.07) is 13.2. The Morgan fingerprint density at radius 2 is 1.67 bits per heavy atom. The van der Waals surface area contributed by atoms with Crippen LogP contribution in [0.15, 0.2) is 48.5 Å². The topological polar surface area (TPSA) is 103 Å². The molecule has 8 nitrogen and oxygen atoms in total. The average Bonchev–Trinajstić information content (AvgIpc) is 2.76. The van der Waals surface area contributed by atoms with Crippen molar-refractivity contribution >= 4 is 17.9 Å². The van der Waals surface area contributed by atoms with E-state index in [2.05, 4.69) is 10.6 Å². The van der Waals surface area contributed by atoms with Crippen LogP contribution in [-0.4, -0.2) is 38.7 Å². The van der Waals surface area contributed by atoms with E-state index in [-0.39, 0.29) is 6.42 Å². The van der Waals surface area contributed by atoms with Crippen molar-refractivity contribution in [1.82, 2.24) is 10.6 Å². The Bertz CT molecular complexity index is 869. The highest BCUT2D eigenvalue weighted by Crippen LogP contribution is 2.28. The van der Waals surface area contributed by atoms with E-state index in [4.69, 9.17) is 14.2 Å². The molecule has 0 aliphatic carbocycles. The van der Waals surface area contributed by atoms with E-state index in [9.17, 15) is 14.4 Å². The molecule has 0 radical (unpaired) electrons. The monoisotopic (exact) mass is 414 g/mol. The number of aryl methyl sites for hydroxylation is 1. The van der Waals surface area contributed by atoms with E-state index < -0.39 is 24.0 Å². The van der Waals surface area contributed by atoms with Crippen LogP contribution < -0.4 is 20.1 Å². The maximum atomic E-state index is 12.5. The van der Waals surface area contributed by atoms with Crippen molar-refractivity contribution in [2.45, 2.75) is 25.9 Å². The number of rotatable bonds is 9. The number of nitrogens with one attached hydrogen (secondary N) is 2. The van der Waals surface area contributed by atoms with Crippen LogP contribution in [-0.2, 0) is 20.7 Å². The second kappa shape index (κ2) is 11.5. The molecule has 2 aromatic carbocycles. The van der Waals surface area contributed by atoms with Gasteiger partial charge in [-0.2, -0.15) is 0 Å².